The highest BCUT2D eigenvalue weighted by atomic mass is 16.6. The van der Waals surface area contributed by atoms with Gasteiger partial charge in [-0.15, -0.1) is 0 Å². The molecule has 0 atom stereocenters. The quantitative estimate of drug-likeness (QED) is 0.629. The Labute approximate surface area is 109 Å². The molecule has 0 aliphatic heterocycles. The van der Waals surface area contributed by atoms with Crippen molar-refractivity contribution in [1.29, 1.82) is 0 Å². The van der Waals surface area contributed by atoms with E-state index in [4.69, 9.17) is 0 Å². The number of nitro benzene ring substituents is 1. The summed E-state index contributed by atoms with van der Waals surface area (Å²) in [7, 11) is 0. The third-order valence-electron chi connectivity index (χ3n) is 2.90. The van der Waals surface area contributed by atoms with Crippen LogP contribution < -0.4 is 10.9 Å². The van der Waals surface area contributed by atoms with E-state index in [-0.39, 0.29) is 23.1 Å². The van der Waals surface area contributed by atoms with Crippen LogP contribution in [0.5, 0.6) is 0 Å². The molecule has 1 aromatic carbocycles. The molecule has 1 fully saturated rings. The average molecular weight is 263 g/mol. The number of rotatable bonds is 3. The second-order valence-electron chi connectivity index (χ2n) is 4.48. The van der Waals surface area contributed by atoms with E-state index in [1.54, 1.807) is 6.92 Å². The SMILES string of the molecule is Cc1cc(C(=O)NNC(=O)C2CC2)ccc1[N+](=O)[O-]. The van der Waals surface area contributed by atoms with Crippen molar-refractivity contribution in [3.05, 3.63) is 39.4 Å². The lowest BCUT2D eigenvalue weighted by atomic mass is 10.1. The van der Waals surface area contributed by atoms with Crippen molar-refractivity contribution in [2.45, 2.75) is 19.8 Å². The third-order valence-corrected chi connectivity index (χ3v) is 2.90. The lowest BCUT2D eigenvalue weighted by Gasteiger charge is -2.07. The molecule has 2 rings (SSSR count). The molecular formula is C12H13N3O4. The van der Waals surface area contributed by atoms with Gasteiger partial charge in [0.25, 0.3) is 11.6 Å². The normalized spacial score (nSPS) is 13.7. The highest BCUT2D eigenvalue weighted by Gasteiger charge is 2.29. The Balaban J connectivity index is 2.00. The fourth-order valence-corrected chi connectivity index (χ4v) is 1.64. The van der Waals surface area contributed by atoms with Crippen LogP contribution in [0.1, 0.15) is 28.8 Å². The van der Waals surface area contributed by atoms with Gasteiger partial charge < -0.3 is 0 Å². The second-order valence-corrected chi connectivity index (χ2v) is 4.48. The van der Waals surface area contributed by atoms with Crippen molar-refractivity contribution in [1.82, 2.24) is 10.9 Å². The lowest BCUT2D eigenvalue weighted by molar-refractivity contribution is -0.385. The van der Waals surface area contributed by atoms with Gasteiger partial charge in [-0.3, -0.25) is 30.6 Å². The minimum absolute atomic E-state index is 0.00102. The first kappa shape index (κ1) is 13.0. The first-order valence-corrected chi connectivity index (χ1v) is 5.84. The summed E-state index contributed by atoms with van der Waals surface area (Å²) >= 11 is 0. The molecular weight excluding hydrogens is 250 g/mol. The van der Waals surface area contributed by atoms with E-state index in [1.165, 1.54) is 18.2 Å². The lowest BCUT2D eigenvalue weighted by Crippen LogP contribution is -2.42. The van der Waals surface area contributed by atoms with Gasteiger partial charge in [-0.1, -0.05) is 0 Å². The number of amides is 2. The van der Waals surface area contributed by atoms with E-state index in [2.05, 4.69) is 10.9 Å². The van der Waals surface area contributed by atoms with Gasteiger partial charge in [0, 0.05) is 23.1 Å². The van der Waals surface area contributed by atoms with Crippen LogP contribution in [0.2, 0.25) is 0 Å². The first-order valence-electron chi connectivity index (χ1n) is 5.84. The Morgan fingerprint density at radius 3 is 2.53 bits per heavy atom. The van der Waals surface area contributed by atoms with E-state index < -0.39 is 10.8 Å². The number of carbonyl (C=O) groups is 2. The van der Waals surface area contributed by atoms with Crippen molar-refractivity contribution in [2.75, 3.05) is 0 Å². The topological polar surface area (TPSA) is 101 Å². The highest BCUT2D eigenvalue weighted by Crippen LogP contribution is 2.28. The molecule has 0 aromatic heterocycles. The molecule has 0 heterocycles. The molecule has 0 radical (unpaired) electrons. The molecule has 0 bridgehead atoms. The van der Waals surface area contributed by atoms with Crippen LogP contribution >= 0.6 is 0 Å². The Hall–Kier alpha value is -2.44. The molecule has 0 spiro atoms. The largest absolute Gasteiger partial charge is 0.273 e. The zero-order valence-corrected chi connectivity index (χ0v) is 10.3. The number of hydrogen-bond donors (Lipinski definition) is 2. The summed E-state index contributed by atoms with van der Waals surface area (Å²) < 4.78 is 0. The third kappa shape index (κ3) is 3.06. The zero-order valence-electron chi connectivity index (χ0n) is 10.3. The maximum atomic E-state index is 11.7. The molecule has 0 unspecified atom stereocenters. The van der Waals surface area contributed by atoms with E-state index in [9.17, 15) is 19.7 Å². The fourth-order valence-electron chi connectivity index (χ4n) is 1.64. The molecule has 7 nitrogen and oxygen atoms in total. The van der Waals surface area contributed by atoms with Crippen molar-refractivity contribution in [3.63, 3.8) is 0 Å². The molecule has 19 heavy (non-hydrogen) atoms. The number of aryl methyl sites for hydroxylation is 1. The standard InChI is InChI=1S/C12H13N3O4/c1-7-6-9(4-5-10(7)15(18)19)12(17)14-13-11(16)8-2-3-8/h4-6,8H,2-3H2,1H3,(H,13,16)(H,14,17). The number of nitro groups is 1. The van der Waals surface area contributed by atoms with Gasteiger partial charge in [-0.05, 0) is 31.9 Å². The number of hydrazine groups is 1. The smallest absolute Gasteiger partial charge is 0.272 e. The molecule has 1 aliphatic rings. The van der Waals surface area contributed by atoms with Gasteiger partial charge in [0.05, 0.1) is 4.92 Å². The van der Waals surface area contributed by atoms with Crippen LogP contribution in [0.25, 0.3) is 0 Å². The predicted molar refractivity (Wildman–Crippen MR) is 66.2 cm³/mol. The van der Waals surface area contributed by atoms with E-state index >= 15 is 0 Å². The van der Waals surface area contributed by atoms with Gasteiger partial charge >= 0.3 is 0 Å². The van der Waals surface area contributed by atoms with E-state index in [1.807, 2.05) is 0 Å². The first-order chi connectivity index (χ1) is 8.99. The Bertz CT molecular complexity index is 552. The van der Waals surface area contributed by atoms with Crippen LogP contribution in [-0.4, -0.2) is 16.7 Å². The van der Waals surface area contributed by atoms with Crippen molar-refractivity contribution in [2.24, 2.45) is 5.92 Å². The van der Waals surface area contributed by atoms with Crippen LogP contribution in [0.15, 0.2) is 18.2 Å². The molecule has 1 aromatic rings. The summed E-state index contributed by atoms with van der Waals surface area (Å²) in [6, 6.07) is 4.04. The van der Waals surface area contributed by atoms with E-state index in [0.717, 1.165) is 12.8 Å². The van der Waals surface area contributed by atoms with Gasteiger partial charge in [0.2, 0.25) is 5.91 Å². The van der Waals surface area contributed by atoms with Crippen LogP contribution in [-0.2, 0) is 4.79 Å². The monoisotopic (exact) mass is 263 g/mol. The van der Waals surface area contributed by atoms with Crippen molar-refractivity contribution >= 4 is 17.5 Å². The number of hydrogen-bond acceptors (Lipinski definition) is 4. The Kier molecular flexibility index (Phi) is 3.46. The molecule has 100 valence electrons. The Morgan fingerprint density at radius 1 is 1.32 bits per heavy atom. The molecule has 0 saturated heterocycles. The van der Waals surface area contributed by atoms with Crippen LogP contribution in [0.3, 0.4) is 0 Å². The van der Waals surface area contributed by atoms with Crippen LogP contribution in [0.4, 0.5) is 5.69 Å². The summed E-state index contributed by atoms with van der Waals surface area (Å²) in [5.41, 5.74) is 5.23. The maximum Gasteiger partial charge on any atom is 0.272 e. The second kappa shape index (κ2) is 5.05. The summed E-state index contributed by atoms with van der Waals surface area (Å²) in [6.07, 6.45) is 1.69. The molecule has 1 aliphatic carbocycles. The fraction of sp³-hybridized carbons (Fsp3) is 0.333. The Morgan fingerprint density at radius 2 is 2.00 bits per heavy atom. The zero-order chi connectivity index (χ0) is 14.0. The number of nitrogens with one attached hydrogen (secondary N) is 2. The average Bonchev–Trinajstić information content (AvgIpc) is 3.19. The van der Waals surface area contributed by atoms with Gasteiger partial charge in [-0.25, -0.2) is 0 Å². The summed E-state index contributed by atoms with van der Waals surface area (Å²) in [4.78, 5) is 33.2. The van der Waals surface area contributed by atoms with Gasteiger partial charge in [0.1, 0.15) is 0 Å². The van der Waals surface area contributed by atoms with Crippen molar-refractivity contribution in [3.8, 4) is 0 Å². The highest BCUT2D eigenvalue weighted by molar-refractivity contribution is 5.96. The number of benzene rings is 1. The maximum absolute atomic E-state index is 11.7. The van der Waals surface area contributed by atoms with Gasteiger partial charge in [-0.2, -0.15) is 0 Å². The summed E-state index contributed by atoms with van der Waals surface area (Å²) in [5, 5.41) is 10.6. The predicted octanol–water partition coefficient (Wildman–Crippen LogP) is 1.07. The van der Waals surface area contributed by atoms with Crippen LogP contribution in [0, 0.1) is 23.0 Å². The summed E-state index contributed by atoms with van der Waals surface area (Å²) in [6.45, 7) is 1.55. The number of carbonyl (C=O) groups excluding carboxylic acids is 2. The number of nitrogens with zero attached hydrogens (tertiary/aromatic N) is 1. The minimum atomic E-state index is -0.508. The summed E-state index contributed by atoms with van der Waals surface area (Å²) in [5.74, 6) is -0.696. The molecule has 7 heteroatoms. The molecule has 2 N–H and O–H groups in total. The minimum Gasteiger partial charge on any atom is -0.273 e. The molecule has 2 amide bonds. The van der Waals surface area contributed by atoms with Gasteiger partial charge in [0.15, 0.2) is 0 Å². The van der Waals surface area contributed by atoms with E-state index in [0.29, 0.717) is 5.56 Å². The molecule has 1 saturated carbocycles. The van der Waals surface area contributed by atoms with Crippen molar-refractivity contribution < 1.29 is 14.5 Å².